The molecule has 5 aromatic rings. The molecule has 0 radical (unpaired) electrons. The van der Waals surface area contributed by atoms with Gasteiger partial charge in [0.15, 0.2) is 6.61 Å². The molecule has 5 nitrogen and oxygen atoms in total. The van der Waals surface area contributed by atoms with Crippen LogP contribution in [-0.4, -0.2) is 27.4 Å². The lowest BCUT2D eigenvalue weighted by molar-refractivity contribution is -0.134. The van der Waals surface area contributed by atoms with Crippen LogP contribution < -0.4 is 4.74 Å². The van der Waals surface area contributed by atoms with Gasteiger partial charge in [0.1, 0.15) is 5.75 Å². The van der Waals surface area contributed by atoms with E-state index < -0.39 is 0 Å². The number of amides is 1. The Balaban J connectivity index is 1.43. The van der Waals surface area contributed by atoms with Gasteiger partial charge in [0.25, 0.3) is 5.91 Å². The molecule has 0 fully saturated rings. The van der Waals surface area contributed by atoms with Gasteiger partial charge in [-0.2, -0.15) is 0 Å². The maximum absolute atomic E-state index is 13.5. The molecule has 2 N–H and O–H groups in total. The second-order valence-electron chi connectivity index (χ2n) is 8.45. The molecule has 2 heterocycles. The third-order valence-corrected chi connectivity index (χ3v) is 6.35. The molecule has 3 aromatic carbocycles. The summed E-state index contributed by atoms with van der Waals surface area (Å²) in [6.45, 7) is 5.07. The number of aryl methyl sites for hydroxylation is 1. The summed E-state index contributed by atoms with van der Waals surface area (Å²) in [5.74, 6) is 0.708. The molecule has 2 aromatic heterocycles. The zero-order valence-corrected chi connectivity index (χ0v) is 18.9. The number of rotatable bonds is 7. The first-order chi connectivity index (χ1) is 16.1. The lowest BCUT2D eigenvalue weighted by atomic mass is 10.1. The van der Waals surface area contributed by atoms with Gasteiger partial charge in [0, 0.05) is 47.3 Å². The number of fused-ring (bicyclic) bond motifs is 2. The van der Waals surface area contributed by atoms with Gasteiger partial charge >= 0.3 is 0 Å². The van der Waals surface area contributed by atoms with E-state index in [-0.39, 0.29) is 12.5 Å². The van der Waals surface area contributed by atoms with Gasteiger partial charge in [-0.1, -0.05) is 36.4 Å². The van der Waals surface area contributed by atoms with Crippen LogP contribution >= 0.6 is 0 Å². The first-order valence-corrected chi connectivity index (χ1v) is 11.2. The zero-order valence-electron chi connectivity index (χ0n) is 18.9. The van der Waals surface area contributed by atoms with E-state index in [9.17, 15) is 4.79 Å². The van der Waals surface area contributed by atoms with Crippen LogP contribution in [0.2, 0.25) is 0 Å². The van der Waals surface area contributed by atoms with Gasteiger partial charge in [0.2, 0.25) is 0 Å². The number of nitrogens with one attached hydrogen (secondary N) is 2. The van der Waals surface area contributed by atoms with E-state index in [1.54, 1.807) is 0 Å². The number of hydrogen-bond donors (Lipinski definition) is 2. The molecule has 1 amide bonds. The Bertz CT molecular complexity index is 1350. The van der Waals surface area contributed by atoms with Crippen LogP contribution in [0.5, 0.6) is 5.75 Å². The molecule has 0 aliphatic rings. The fraction of sp³-hybridized carbons (Fsp3) is 0.179. The monoisotopic (exact) mass is 437 g/mol. The van der Waals surface area contributed by atoms with Crippen LogP contribution in [0, 0.1) is 13.8 Å². The molecule has 33 heavy (non-hydrogen) atoms. The number of carbonyl (C=O) groups is 1. The van der Waals surface area contributed by atoms with E-state index in [4.69, 9.17) is 4.74 Å². The Morgan fingerprint density at radius 2 is 1.36 bits per heavy atom. The Kier molecular flexibility index (Phi) is 5.61. The number of aromatic nitrogens is 2. The van der Waals surface area contributed by atoms with Crippen molar-refractivity contribution in [2.45, 2.75) is 26.9 Å². The molecule has 0 aliphatic heterocycles. The minimum atomic E-state index is -0.0454. The quantitative estimate of drug-likeness (QED) is 0.334. The van der Waals surface area contributed by atoms with Crippen molar-refractivity contribution in [2.75, 3.05) is 6.61 Å². The van der Waals surface area contributed by atoms with Crippen molar-refractivity contribution in [1.29, 1.82) is 0 Å². The molecule has 0 spiro atoms. The summed E-state index contributed by atoms with van der Waals surface area (Å²) in [5.41, 5.74) is 6.56. The Labute approximate surface area is 193 Å². The molecular weight excluding hydrogens is 410 g/mol. The highest BCUT2D eigenvalue weighted by Crippen LogP contribution is 2.24. The number of ether oxygens (including phenoxy) is 1. The highest BCUT2D eigenvalue weighted by Gasteiger charge is 2.19. The summed E-state index contributed by atoms with van der Waals surface area (Å²) >= 11 is 0. The fourth-order valence-corrected chi connectivity index (χ4v) is 4.33. The maximum atomic E-state index is 13.5. The van der Waals surface area contributed by atoms with Gasteiger partial charge in [0.05, 0.1) is 0 Å². The standard InChI is InChI=1S/C28H27N3O2/c1-19-6-3-11-27(20(19)2)33-18-28(32)31(16-21-7-4-9-25-23(21)12-14-29-25)17-22-8-5-10-26-24(22)13-15-30-26/h3-15,29-30H,16-18H2,1-2H3. The number of hydrogen-bond acceptors (Lipinski definition) is 2. The lowest BCUT2D eigenvalue weighted by Crippen LogP contribution is -2.34. The molecule has 0 aliphatic carbocycles. The summed E-state index contributed by atoms with van der Waals surface area (Å²) in [7, 11) is 0. The van der Waals surface area contributed by atoms with E-state index in [2.05, 4.69) is 46.4 Å². The van der Waals surface area contributed by atoms with Crippen LogP contribution in [-0.2, 0) is 17.9 Å². The van der Waals surface area contributed by atoms with Crippen molar-refractivity contribution in [1.82, 2.24) is 14.9 Å². The van der Waals surface area contributed by atoms with Gasteiger partial charge in [-0.05, 0) is 66.4 Å². The predicted molar refractivity (Wildman–Crippen MR) is 132 cm³/mol. The number of carbonyl (C=O) groups excluding carboxylic acids is 1. The number of benzene rings is 3. The topological polar surface area (TPSA) is 61.1 Å². The minimum Gasteiger partial charge on any atom is -0.483 e. The smallest absolute Gasteiger partial charge is 0.261 e. The zero-order chi connectivity index (χ0) is 22.8. The van der Waals surface area contributed by atoms with E-state index in [1.165, 1.54) is 0 Å². The molecule has 5 heteroatoms. The Hall–Kier alpha value is -3.99. The van der Waals surface area contributed by atoms with Crippen molar-refractivity contribution >= 4 is 27.7 Å². The lowest BCUT2D eigenvalue weighted by Gasteiger charge is -2.24. The third kappa shape index (κ3) is 4.22. The van der Waals surface area contributed by atoms with Crippen molar-refractivity contribution in [3.8, 4) is 5.75 Å². The molecule has 0 unspecified atom stereocenters. The van der Waals surface area contributed by atoms with Gasteiger partial charge in [-0.25, -0.2) is 0 Å². The summed E-state index contributed by atoms with van der Waals surface area (Å²) in [4.78, 5) is 21.9. The number of H-pyrrole nitrogens is 2. The van der Waals surface area contributed by atoms with Crippen LogP contribution in [0.25, 0.3) is 21.8 Å². The van der Waals surface area contributed by atoms with Gasteiger partial charge in [-0.3, -0.25) is 4.79 Å². The predicted octanol–water partition coefficient (Wildman–Crippen LogP) is 5.87. The minimum absolute atomic E-state index is 0.00345. The molecule has 166 valence electrons. The van der Waals surface area contributed by atoms with Crippen LogP contribution in [0.15, 0.2) is 79.1 Å². The van der Waals surface area contributed by atoms with E-state index in [0.717, 1.165) is 49.8 Å². The van der Waals surface area contributed by atoms with Gasteiger partial charge < -0.3 is 19.6 Å². The van der Waals surface area contributed by atoms with Crippen molar-refractivity contribution in [2.24, 2.45) is 0 Å². The Morgan fingerprint density at radius 3 is 1.97 bits per heavy atom. The van der Waals surface area contributed by atoms with Crippen molar-refractivity contribution in [3.63, 3.8) is 0 Å². The molecule has 0 bridgehead atoms. The number of nitrogens with zero attached hydrogens (tertiary/aromatic N) is 1. The summed E-state index contributed by atoms with van der Waals surface area (Å²) in [5, 5.41) is 2.26. The second kappa shape index (κ2) is 8.87. The fourth-order valence-electron chi connectivity index (χ4n) is 4.33. The first-order valence-electron chi connectivity index (χ1n) is 11.2. The molecule has 0 saturated heterocycles. The average Bonchev–Trinajstić information content (AvgIpc) is 3.50. The van der Waals surface area contributed by atoms with Crippen molar-refractivity contribution < 1.29 is 9.53 Å². The molecule has 0 atom stereocenters. The SMILES string of the molecule is Cc1cccc(OCC(=O)N(Cc2cccc3[nH]ccc23)Cc2cccc3[nH]ccc23)c1C. The maximum Gasteiger partial charge on any atom is 0.261 e. The second-order valence-corrected chi connectivity index (χ2v) is 8.45. The summed E-state index contributed by atoms with van der Waals surface area (Å²) in [6, 6.07) is 22.4. The van der Waals surface area contributed by atoms with Gasteiger partial charge in [-0.15, -0.1) is 0 Å². The molecule has 5 rings (SSSR count). The highest BCUT2D eigenvalue weighted by atomic mass is 16.5. The van der Waals surface area contributed by atoms with E-state index >= 15 is 0 Å². The third-order valence-electron chi connectivity index (χ3n) is 6.35. The van der Waals surface area contributed by atoms with Crippen LogP contribution in [0.4, 0.5) is 0 Å². The first kappa shape index (κ1) is 20.9. The highest BCUT2D eigenvalue weighted by molar-refractivity contribution is 5.85. The van der Waals surface area contributed by atoms with E-state index in [1.807, 2.05) is 61.5 Å². The summed E-state index contributed by atoms with van der Waals surface area (Å²) < 4.78 is 5.98. The largest absolute Gasteiger partial charge is 0.483 e. The van der Waals surface area contributed by atoms with E-state index in [0.29, 0.717) is 13.1 Å². The molecular formula is C28H27N3O2. The van der Waals surface area contributed by atoms with Crippen LogP contribution in [0.3, 0.4) is 0 Å². The van der Waals surface area contributed by atoms with Crippen LogP contribution in [0.1, 0.15) is 22.3 Å². The summed E-state index contributed by atoms with van der Waals surface area (Å²) in [6.07, 6.45) is 3.87. The number of aromatic amines is 2. The Morgan fingerprint density at radius 1 is 0.788 bits per heavy atom. The van der Waals surface area contributed by atoms with Crippen molar-refractivity contribution in [3.05, 3.63) is 101 Å². The normalized spacial score (nSPS) is 11.2. The molecule has 0 saturated carbocycles. The average molecular weight is 438 g/mol.